The molecule has 2 bridgehead atoms. The standard InChI is InChI=1S/C12H22N2OS/c1-16-5-4-13-12(15)8-9-6-10-2-3-11(7-9)14-10/h9-11,14H,2-8H2,1H3,(H,13,15). The quantitative estimate of drug-likeness (QED) is 0.716. The smallest absolute Gasteiger partial charge is 0.220 e. The molecule has 4 heteroatoms. The largest absolute Gasteiger partial charge is 0.355 e. The maximum absolute atomic E-state index is 11.7. The predicted octanol–water partition coefficient (Wildman–Crippen LogP) is 1.39. The van der Waals surface area contributed by atoms with Gasteiger partial charge in [-0.2, -0.15) is 11.8 Å². The fourth-order valence-corrected chi connectivity index (χ4v) is 3.27. The van der Waals surface area contributed by atoms with Gasteiger partial charge in [0.05, 0.1) is 0 Å². The normalized spacial score (nSPS) is 32.7. The molecular weight excluding hydrogens is 220 g/mol. The Bertz CT molecular complexity index is 235. The van der Waals surface area contributed by atoms with E-state index in [1.165, 1.54) is 25.7 Å². The van der Waals surface area contributed by atoms with E-state index in [9.17, 15) is 4.79 Å². The lowest BCUT2D eigenvalue weighted by Crippen LogP contribution is -2.39. The minimum absolute atomic E-state index is 0.250. The molecule has 2 aliphatic rings. The van der Waals surface area contributed by atoms with E-state index in [0.717, 1.165) is 18.7 Å². The first-order chi connectivity index (χ1) is 7.78. The van der Waals surface area contributed by atoms with Crippen molar-refractivity contribution in [1.82, 2.24) is 10.6 Å². The molecule has 0 spiro atoms. The van der Waals surface area contributed by atoms with Crippen LogP contribution in [0.15, 0.2) is 0 Å². The second-order valence-corrected chi connectivity index (χ2v) is 6.01. The third-order valence-corrected chi connectivity index (χ3v) is 4.29. The number of amides is 1. The summed E-state index contributed by atoms with van der Waals surface area (Å²) < 4.78 is 0. The molecule has 0 aromatic carbocycles. The van der Waals surface area contributed by atoms with E-state index in [1.54, 1.807) is 11.8 Å². The zero-order chi connectivity index (χ0) is 11.4. The summed E-state index contributed by atoms with van der Waals surface area (Å²) in [5.41, 5.74) is 0. The van der Waals surface area contributed by atoms with Gasteiger partial charge in [0.15, 0.2) is 0 Å². The Labute approximate surface area is 102 Å². The molecule has 2 atom stereocenters. The Hall–Kier alpha value is -0.220. The van der Waals surface area contributed by atoms with Gasteiger partial charge in [-0.1, -0.05) is 0 Å². The van der Waals surface area contributed by atoms with Crippen molar-refractivity contribution in [3.8, 4) is 0 Å². The molecule has 0 aromatic rings. The van der Waals surface area contributed by atoms with E-state index in [1.807, 2.05) is 0 Å². The van der Waals surface area contributed by atoms with E-state index in [-0.39, 0.29) is 5.91 Å². The third-order valence-electron chi connectivity index (χ3n) is 3.67. The van der Waals surface area contributed by atoms with E-state index < -0.39 is 0 Å². The van der Waals surface area contributed by atoms with Crippen molar-refractivity contribution >= 4 is 17.7 Å². The molecule has 2 N–H and O–H groups in total. The maximum Gasteiger partial charge on any atom is 0.220 e. The summed E-state index contributed by atoms with van der Waals surface area (Å²) in [6.45, 7) is 0.817. The number of piperidine rings is 1. The molecule has 2 saturated heterocycles. The summed E-state index contributed by atoms with van der Waals surface area (Å²) in [6, 6.07) is 1.39. The van der Waals surface area contributed by atoms with Crippen LogP contribution in [0.2, 0.25) is 0 Å². The molecule has 2 aliphatic heterocycles. The van der Waals surface area contributed by atoms with Gasteiger partial charge in [-0.15, -0.1) is 0 Å². The lowest BCUT2D eigenvalue weighted by atomic mass is 9.89. The van der Waals surface area contributed by atoms with Gasteiger partial charge in [0.25, 0.3) is 0 Å². The Morgan fingerprint density at radius 2 is 2.06 bits per heavy atom. The second kappa shape index (κ2) is 5.92. The Morgan fingerprint density at radius 3 is 2.69 bits per heavy atom. The number of carbonyl (C=O) groups is 1. The number of hydrogen-bond acceptors (Lipinski definition) is 3. The molecule has 92 valence electrons. The first kappa shape index (κ1) is 12.2. The Kier molecular flexibility index (Phi) is 4.53. The first-order valence-electron chi connectivity index (χ1n) is 6.29. The van der Waals surface area contributed by atoms with Crippen LogP contribution in [0, 0.1) is 5.92 Å². The van der Waals surface area contributed by atoms with Crippen LogP contribution >= 0.6 is 11.8 Å². The van der Waals surface area contributed by atoms with E-state index >= 15 is 0 Å². The van der Waals surface area contributed by atoms with Gasteiger partial charge in [0.1, 0.15) is 0 Å². The maximum atomic E-state index is 11.7. The average Bonchev–Trinajstić information content (AvgIpc) is 2.58. The van der Waals surface area contributed by atoms with Crippen molar-refractivity contribution in [3.63, 3.8) is 0 Å². The fraction of sp³-hybridized carbons (Fsp3) is 0.917. The van der Waals surface area contributed by atoms with Gasteiger partial charge >= 0.3 is 0 Å². The summed E-state index contributed by atoms with van der Waals surface area (Å²) >= 11 is 1.78. The molecular formula is C12H22N2OS. The highest BCUT2D eigenvalue weighted by molar-refractivity contribution is 7.98. The monoisotopic (exact) mass is 242 g/mol. The van der Waals surface area contributed by atoms with Crippen LogP contribution in [0.3, 0.4) is 0 Å². The highest BCUT2D eigenvalue weighted by Crippen LogP contribution is 2.32. The highest BCUT2D eigenvalue weighted by atomic mass is 32.2. The molecule has 0 aromatic heterocycles. The number of fused-ring (bicyclic) bond motifs is 2. The molecule has 2 rings (SSSR count). The van der Waals surface area contributed by atoms with Gasteiger partial charge in [-0.3, -0.25) is 4.79 Å². The van der Waals surface area contributed by atoms with Crippen LogP contribution in [-0.2, 0) is 4.79 Å². The van der Waals surface area contributed by atoms with E-state index in [4.69, 9.17) is 0 Å². The lowest BCUT2D eigenvalue weighted by Gasteiger charge is -2.28. The summed E-state index contributed by atoms with van der Waals surface area (Å²) in [4.78, 5) is 11.7. The molecule has 2 fully saturated rings. The van der Waals surface area contributed by atoms with E-state index in [0.29, 0.717) is 18.0 Å². The van der Waals surface area contributed by atoms with Crippen LogP contribution in [0.25, 0.3) is 0 Å². The fourth-order valence-electron chi connectivity index (χ4n) is 2.97. The van der Waals surface area contributed by atoms with Gasteiger partial charge in [-0.05, 0) is 37.9 Å². The molecule has 0 aliphatic carbocycles. The summed E-state index contributed by atoms with van der Waals surface area (Å²) in [7, 11) is 0. The topological polar surface area (TPSA) is 41.1 Å². The second-order valence-electron chi connectivity index (χ2n) is 5.02. The van der Waals surface area contributed by atoms with Crippen LogP contribution in [0.1, 0.15) is 32.1 Å². The number of thioether (sulfide) groups is 1. The predicted molar refractivity (Wildman–Crippen MR) is 68.7 cm³/mol. The molecule has 1 amide bonds. The van der Waals surface area contributed by atoms with Crippen molar-refractivity contribution in [2.75, 3.05) is 18.6 Å². The molecule has 2 heterocycles. The molecule has 3 nitrogen and oxygen atoms in total. The van der Waals surface area contributed by atoms with Crippen LogP contribution in [0.5, 0.6) is 0 Å². The van der Waals surface area contributed by atoms with Crippen molar-refractivity contribution in [2.45, 2.75) is 44.2 Å². The van der Waals surface area contributed by atoms with Gasteiger partial charge in [0, 0.05) is 30.8 Å². The van der Waals surface area contributed by atoms with Crippen molar-refractivity contribution in [3.05, 3.63) is 0 Å². The summed E-state index contributed by atoms with van der Waals surface area (Å²) in [6.07, 6.45) is 7.84. The minimum Gasteiger partial charge on any atom is -0.355 e. The van der Waals surface area contributed by atoms with Crippen molar-refractivity contribution in [1.29, 1.82) is 0 Å². The molecule has 0 saturated carbocycles. The van der Waals surface area contributed by atoms with E-state index in [2.05, 4.69) is 16.9 Å². The SMILES string of the molecule is CSCCNC(=O)CC1CC2CCC(C1)N2. The average molecular weight is 242 g/mol. The zero-order valence-corrected chi connectivity index (χ0v) is 10.8. The number of carbonyl (C=O) groups excluding carboxylic acids is 1. The zero-order valence-electron chi connectivity index (χ0n) is 10.00. The van der Waals surface area contributed by atoms with Crippen molar-refractivity contribution < 1.29 is 4.79 Å². The first-order valence-corrected chi connectivity index (χ1v) is 7.69. The molecule has 0 radical (unpaired) electrons. The molecule has 2 unspecified atom stereocenters. The molecule has 16 heavy (non-hydrogen) atoms. The van der Waals surface area contributed by atoms with Gasteiger partial charge in [-0.25, -0.2) is 0 Å². The van der Waals surface area contributed by atoms with Crippen LogP contribution in [0.4, 0.5) is 0 Å². The summed E-state index contributed by atoms with van der Waals surface area (Å²) in [5, 5.41) is 6.61. The summed E-state index contributed by atoms with van der Waals surface area (Å²) in [5.74, 6) is 1.89. The lowest BCUT2D eigenvalue weighted by molar-refractivity contribution is -0.122. The number of rotatable bonds is 5. The van der Waals surface area contributed by atoms with Gasteiger partial charge in [0.2, 0.25) is 5.91 Å². The van der Waals surface area contributed by atoms with Crippen molar-refractivity contribution in [2.24, 2.45) is 5.92 Å². The highest BCUT2D eigenvalue weighted by Gasteiger charge is 2.33. The minimum atomic E-state index is 0.250. The Balaban J connectivity index is 1.67. The van der Waals surface area contributed by atoms with Gasteiger partial charge < -0.3 is 10.6 Å². The number of nitrogens with one attached hydrogen (secondary N) is 2. The van der Waals surface area contributed by atoms with Crippen LogP contribution < -0.4 is 10.6 Å². The number of hydrogen-bond donors (Lipinski definition) is 2. The Morgan fingerprint density at radius 1 is 1.38 bits per heavy atom. The van der Waals surface area contributed by atoms with Crippen LogP contribution in [-0.4, -0.2) is 36.5 Å². The third kappa shape index (κ3) is 3.39.